The Morgan fingerprint density at radius 2 is 2.09 bits per heavy atom. The molecule has 6 nitrogen and oxygen atoms in total. The Morgan fingerprint density at radius 1 is 1.30 bits per heavy atom. The highest BCUT2D eigenvalue weighted by Crippen LogP contribution is 2.38. The Kier molecular flexibility index (Phi) is 4.27. The molecule has 0 bridgehead atoms. The van der Waals surface area contributed by atoms with Gasteiger partial charge in [0.15, 0.2) is 0 Å². The molecule has 8 heteroatoms. The van der Waals surface area contributed by atoms with Crippen LogP contribution >= 0.6 is 0 Å². The first-order valence-corrected chi connectivity index (χ1v) is 8.62. The molecule has 0 amide bonds. The van der Waals surface area contributed by atoms with Crippen molar-refractivity contribution in [1.82, 2.24) is 14.7 Å². The van der Waals surface area contributed by atoms with E-state index in [1.807, 2.05) is 0 Å². The summed E-state index contributed by atoms with van der Waals surface area (Å²) in [7, 11) is -2.58. The van der Waals surface area contributed by atoms with Crippen molar-refractivity contribution in [2.24, 2.45) is 0 Å². The van der Waals surface area contributed by atoms with Crippen LogP contribution in [0.4, 0.5) is 4.39 Å². The number of hydrogen-bond acceptors (Lipinski definition) is 5. The Morgan fingerprint density at radius 3 is 2.78 bits per heavy atom. The van der Waals surface area contributed by atoms with E-state index in [0.717, 1.165) is 30.7 Å². The lowest BCUT2D eigenvalue weighted by atomic mass is 10.2. The number of nitrogens with zero attached hydrogens (tertiary/aromatic N) is 2. The van der Waals surface area contributed by atoms with E-state index in [1.165, 1.54) is 19.5 Å². The van der Waals surface area contributed by atoms with Gasteiger partial charge in [0, 0.05) is 11.6 Å². The van der Waals surface area contributed by atoms with Crippen molar-refractivity contribution in [3.63, 3.8) is 0 Å². The largest absolute Gasteiger partial charge is 0.495 e. The van der Waals surface area contributed by atoms with Crippen molar-refractivity contribution in [1.29, 1.82) is 0 Å². The van der Waals surface area contributed by atoms with Crippen LogP contribution in [0, 0.1) is 5.82 Å². The van der Waals surface area contributed by atoms with E-state index in [2.05, 4.69) is 14.7 Å². The molecule has 0 atom stereocenters. The number of benzene rings is 1. The van der Waals surface area contributed by atoms with E-state index in [-0.39, 0.29) is 17.2 Å². The van der Waals surface area contributed by atoms with Gasteiger partial charge in [-0.25, -0.2) is 27.5 Å². The summed E-state index contributed by atoms with van der Waals surface area (Å²) >= 11 is 0. The Labute approximate surface area is 133 Å². The molecular weight excluding hydrogens is 321 g/mol. The second-order valence-corrected chi connectivity index (χ2v) is 7.06. The van der Waals surface area contributed by atoms with E-state index < -0.39 is 15.8 Å². The van der Waals surface area contributed by atoms with E-state index in [1.54, 1.807) is 6.07 Å². The van der Waals surface area contributed by atoms with Crippen LogP contribution < -0.4 is 9.46 Å². The first-order valence-electron chi connectivity index (χ1n) is 7.13. The maximum atomic E-state index is 13.4. The lowest BCUT2D eigenvalue weighted by Gasteiger charge is -2.11. The molecule has 122 valence electrons. The van der Waals surface area contributed by atoms with Crippen LogP contribution in [-0.4, -0.2) is 25.5 Å². The Bertz CT molecular complexity index is 822. The van der Waals surface area contributed by atoms with Crippen LogP contribution in [0.5, 0.6) is 5.75 Å². The predicted octanol–water partition coefficient (Wildman–Crippen LogP) is 1.98. The zero-order valence-corrected chi connectivity index (χ0v) is 13.3. The van der Waals surface area contributed by atoms with Gasteiger partial charge in [-0.05, 0) is 37.1 Å². The molecule has 0 radical (unpaired) electrons. The predicted molar refractivity (Wildman–Crippen MR) is 81.0 cm³/mol. The normalized spacial score (nSPS) is 14.7. The first-order chi connectivity index (χ1) is 11.0. The third kappa shape index (κ3) is 3.65. The number of rotatable bonds is 6. The number of nitrogens with one attached hydrogen (secondary N) is 1. The molecule has 3 rings (SSSR count). The van der Waals surface area contributed by atoms with Crippen molar-refractivity contribution in [3.05, 3.63) is 47.8 Å². The minimum absolute atomic E-state index is 0.00421. The van der Waals surface area contributed by atoms with Crippen LogP contribution in [0.15, 0.2) is 35.5 Å². The van der Waals surface area contributed by atoms with Gasteiger partial charge < -0.3 is 4.74 Å². The van der Waals surface area contributed by atoms with Crippen LogP contribution in [0.25, 0.3) is 0 Å². The van der Waals surface area contributed by atoms with Crippen molar-refractivity contribution in [2.75, 3.05) is 7.11 Å². The molecule has 0 unspecified atom stereocenters. The van der Waals surface area contributed by atoms with E-state index in [0.29, 0.717) is 11.6 Å². The molecular formula is C15H16FN3O3S. The van der Waals surface area contributed by atoms with Crippen molar-refractivity contribution in [2.45, 2.75) is 30.2 Å². The number of hydrogen-bond donors (Lipinski definition) is 1. The van der Waals surface area contributed by atoms with Gasteiger partial charge in [0.05, 0.1) is 19.3 Å². The molecule has 0 spiro atoms. The fourth-order valence-electron chi connectivity index (χ4n) is 2.22. The SMILES string of the molecule is COc1ccc(F)cc1S(=O)(=O)NCc1cc(C2CC2)ncn1. The Hall–Kier alpha value is -2.06. The molecule has 1 fully saturated rings. The minimum Gasteiger partial charge on any atom is -0.495 e. The summed E-state index contributed by atoms with van der Waals surface area (Å²) in [6.07, 6.45) is 3.63. The maximum Gasteiger partial charge on any atom is 0.244 e. The van der Waals surface area contributed by atoms with Gasteiger partial charge in [-0.2, -0.15) is 0 Å². The second-order valence-electron chi connectivity index (χ2n) is 5.33. The highest BCUT2D eigenvalue weighted by molar-refractivity contribution is 7.89. The molecule has 23 heavy (non-hydrogen) atoms. The number of ether oxygens (including phenoxy) is 1. The highest BCUT2D eigenvalue weighted by atomic mass is 32.2. The summed E-state index contributed by atoms with van der Waals surface area (Å²) in [4.78, 5) is 8.01. The third-order valence-electron chi connectivity index (χ3n) is 3.60. The molecule has 2 aromatic rings. The quantitative estimate of drug-likeness (QED) is 0.872. The summed E-state index contributed by atoms with van der Waals surface area (Å²) in [5.41, 5.74) is 1.50. The van der Waals surface area contributed by atoms with Crippen molar-refractivity contribution >= 4 is 10.0 Å². The van der Waals surface area contributed by atoms with Gasteiger partial charge in [0.1, 0.15) is 22.8 Å². The monoisotopic (exact) mass is 337 g/mol. The second kappa shape index (κ2) is 6.21. The molecule has 1 aliphatic carbocycles. The molecule has 1 aromatic carbocycles. The molecule has 1 N–H and O–H groups in total. The van der Waals surface area contributed by atoms with Crippen LogP contribution in [0.3, 0.4) is 0 Å². The van der Waals surface area contributed by atoms with Gasteiger partial charge in [-0.15, -0.1) is 0 Å². The zero-order chi connectivity index (χ0) is 16.4. The van der Waals surface area contributed by atoms with Crippen LogP contribution in [0.2, 0.25) is 0 Å². The Balaban J connectivity index is 1.79. The van der Waals surface area contributed by atoms with Gasteiger partial charge in [0.25, 0.3) is 0 Å². The van der Waals surface area contributed by atoms with E-state index in [9.17, 15) is 12.8 Å². The summed E-state index contributed by atoms with van der Waals surface area (Å²) in [6.45, 7) is 0.00421. The average molecular weight is 337 g/mol. The summed E-state index contributed by atoms with van der Waals surface area (Å²) < 4.78 is 45.5. The highest BCUT2D eigenvalue weighted by Gasteiger charge is 2.25. The molecule has 1 heterocycles. The maximum absolute atomic E-state index is 13.4. The minimum atomic E-state index is -3.92. The lowest BCUT2D eigenvalue weighted by Crippen LogP contribution is -2.24. The van der Waals surface area contributed by atoms with Crippen LogP contribution in [-0.2, 0) is 16.6 Å². The van der Waals surface area contributed by atoms with Crippen molar-refractivity contribution in [3.8, 4) is 5.75 Å². The van der Waals surface area contributed by atoms with E-state index in [4.69, 9.17) is 4.74 Å². The number of halogens is 1. The van der Waals surface area contributed by atoms with Crippen LogP contribution in [0.1, 0.15) is 30.1 Å². The van der Waals surface area contributed by atoms with E-state index >= 15 is 0 Å². The zero-order valence-electron chi connectivity index (χ0n) is 12.5. The lowest BCUT2D eigenvalue weighted by molar-refractivity contribution is 0.400. The van der Waals surface area contributed by atoms with Crippen molar-refractivity contribution < 1.29 is 17.5 Å². The fourth-order valence-corrected chi connectivity index (χ4v) is 3.40. The molecule has 1 aliphatic rings. The molecule has 0 saturated heterocycles. The van der Waals surface area contributed by atoms with Gasteiger partial charge >= 0.3 is 0 Å². The summed E-state index contributed by atoms with van der Waals surface area (Å²) in [5.74, 6) is -0.110. The molecule has 1 aromatic heterocycles. The fraction of sp³-hybridized carbons (Fsp3) is 0.333. The van der Waals surface area contributed by atoms with Gasteiger partial charge in [-0.3, -0.25) is 0 Å². The standard InChI is InChI=1S/C15H16FN3O3S/c1-22-14-5-4-11(16)6-15(14)23(20,21)19-8-12-7-13(10-2-3-10)18-9-17-12/h4-7,9-10,19H,2-3,8H2,1H3. The number of aromatic nitrogens is 2. The molecule has 1 saturated carbocycles. The topological polar surface area (TPSA) is 81.2 Å². The third-order valence-corrected chi connectivity index (χ3v) is 5.02. The smallest absolute Gasteiger partial charge is 0.244 e. The average Bonchev–Trinajstić information content (AvgIpc) is 3.38. The summed E-state index contributed by atoms with van der Waals surface area (Å²) in [5, 5.41) is 0. The van der Waals surface area contributed by atoms with Gasteiger partial charge in [-0.1, -0.05) is 0 Å². The first kappa shape index (κ1) is 15.8. The summed E-state index contributed by atoms with van der Waals surface area (Å²) in [6, 6.07) is 5.14. The molecule has 0 aliphatic heterocycles. The number of methoxy groups -OCH3 is 1. The van der Waals surface area contributed by atoms with Gasteiger partial charge in [0.2, 0.25) is 10.0 Å². The number of sulfonamides is 1.